The van der Waals surface area contributed by atoms with E-state index in [1.807, 2.05) is 0 Å². The van der Waals surface area contributed by atoms with Crippen LogP contribution in [0, 0.1) is 0 Å². The molecule has 107 heavy (non-hydrogen) atoms. The summed E-state index contributed by atoms with van der Waals surface area (Å²) in [6.07, 6.45) is 0. The highest BCUT2D eigenvalue weighted by atomic mass is 15.2. The molecule has 0 aliphatic carbocycles. The molecule has 0 fully saturated rings. The van der Waals surface area contributed by atoms with Crippen molar-refractivity contribution in [1.29, 1.82) is 0 Å². The van der Waals surface area contributed by atoms with Crippen molar-refractivity contribution in [2.45, 2.75) is 0 Å². The predicted molar refractivity (Wildman–Crippen MR) is 453 cm³/mol. The largest absolute Gasteiger partial charge is 0.310 e. The standard InChI is InChI=1S/C102H67BN4/c1-5-30-68(31-6-1)78-42-13-15-44-80(78)72-38-25-40-74(64-72)84-52-27-50-82(70-34-9-3-10-35-70)101(84)106-96-58-29-59-97-100(96)103(90-62-60-76(66-98(90)106)104-92-54-21-17-46-86(92)87-47-18-22-55-93(87)104)91-63-61-77(105-94-56-23-19-48-88(94)89-49-20-24-57-95(89)105)67-99(91)107(97)102-83(71-36-11-4-12-37-71)51-28-53-85(102)75-41-26-39-73(65-75)81-45-16-14-43-79(81)69-32-7-2-8-33-69/h1-67H. The van der Waals surface area contributed by atoms with Gasteiger partial charge in [-0.05, 0) is 156 Å². The number of hydrogen-bond donors (Lipinski definition) is 0. The minimum absolute atomic E-state index is 0.242. The summed E-state index contributed by atoms with van der Waals surface area (Å²) in [7, 11) is 0. The summed E-state index contributed by atoms with van der Waals surface area (Å²) in [5.41, 5.74) is 35.4. The molecule has 5 heteroatoms. The predicted octanol–water partition coefficient (Wildman–Crippen LogP) is 25.3. The van der Waals surface area contributed by atoms with Crippen LogP contribution in [0.25, 0.3) is 144 Å². The molecular weight excluding hydrogens is 1290 g/mol. The fraction of sp³-hybridized carbons (Fsp3) is 0. The lowest BCUT2D eigenvalue weighted by Crippen LogP contribution is -2.61. The van der Waals surface area contributed by atoms with Crippen molar-refractivity contribution in [3.8, 4) is 100 Å². The van der Waals surface area contributed by atoms with Crippen molar-refractivity contribution in [2.24, 2.45) is 0 Å². The molecule has 0 bridgehead atoms. The molecular formula is C102H67BN4. The monoisotopic (exact) mass is 1360 g/mol. The highest BCUT2D eigenvalue weighted by Crippen LogP contribution is 2.54. The molecule has 2 aliphatic rings. The van der Waals surface area contributed by atoms with Crippen molar-refractivity contribution in [3.63, 3.8) is 0 Å². The third-order valence-corrected chi connectivity index (χ3v) is 22.3. The van der Waals surface area contributed by atoms with Crippen LogP contribution in [-0.2, 0) is 0 Å². The first kappa shape index (κ1) is 61.7. The molecule has 4 nitrogen and oxygen atoms in total. The number of para-hydroxylation sites is 6. The first-order valence-corrected chi connectivity index (χ1v) is 37.0. The van der Waals surface area contributed by atoms with Crippen molar-refractivity contribution in [2.75, 3.05) is 9.80 Å². The van der Waals surface area contributed by atoms with Gasteiger partial charge in [-0.25, -0.2) is 0 Å². The van der Waals surface area contributed by atoms with E-state index in [1.165, 1.54) is 71.3 Å². The molecule has 19 aromatic rings. The topological polar surface area (TPSA) is 16.3 Å². The first-order valence-electron chi connectivity index (χ1n) is 37.0. The smallest absolute Gasteiger partial charge is 0.252 e. The van der Waals surface area contributed by atoms with E-state index in [-0.39, 0.29) is 6.71 Å². The number of anilines is 6. The molecule has 0 spiro atoms. The zero-order valence-corrected chi connectivity index (χ0v) is 58.5. The van der Waals surface area contributed by atoms with Gasteiger partial charge in [0.1, 0.15) is 0 Å². The zero-order chi connectivity index (χ0) is 70.5. The van der Waals surface area contributed by atoms with E-state index in [0.717, 1.165) is 123 Å². The summed E-state index contributed by atoms with van der Waals surface area (Å²) in [5, 5.41) is 4.88. The van der Waals surface area contributed by atoms with Gasteiger partial charge in [0, 0.05) is 77.9 Å². The highest BCUT2D eigenvalue weighted by Gasteiger charge is 2.45. The number of fused-ring (bicyclic) bond motifs is 10. The Morgan fingerprint density at radius 3 is 0.785 bits per heavy atom. The zero-order valence-electron chi connectivity index (χ0n) is 58.5. The summed E-state index contributed by atoms with van der Waals surface area (Å²) < 4.78 is 4.97. The summed E-state index contributed by atoms with van der Waals surface area (Å²) >= 11 is 0. The van der Waals surface area contributed by atoms with Gasteiger partial charge in [-0.2, -0.15) is 0 Å². The Hall–Kier alpha value is -14.0. The number of hydrogen-bond acceptors (Lipinski definition) is 2. The van der Waals surface area contributed by atoms with Crippen LogP contribution in [0.4, 0.5) is 34.1 Å². The number of rotatable bonds is 12. The molecule has 17 aromatic carbocycles. The lowest BCUT2D eigenvalue weighted by atomic mass is 9.33. The Balaban J connectivity index is 0.871. The van der Waals surface area contributed by atoms with Gasteiger partial charge >= 0.3 is 0 Å². The number of nitrogens with zero attached hydrogens (tertiary/aromatic N) is 4. The first-order chi connectivity index (χ1) is 53.1. The van der Waals surface area contributed by atoms with Crippen molar-refractivity contribution in [1.82, 2.24) is 9.13 Å². The third kappa shape index (κ3) is 10.1. The highest BCUT2D eigenvalue weighted by molar-refractivity contribution is 7.00. The van der Waals surface area contributed by atoms with Gasteiger partial charge in [-0.15, -0.1) is 0 Å². The van der Waals surface area contributed by atoms with Crippen LogP contribution in [0.3, 0.4) is 0 Å². The molecule has 2 aliphatic heterocycles. The van der Waals surface area contributed by atoms with Gasteiger partial charge in [-0.3, -0.25) is 0 Å². The van der Waals surface area contributed by atoms with E-state index in [9.17, 15) is 0 Å². The molecule has 0 radical (unpaired) electrons. The van der Waals surface area contributed by atoms with Crippen LogP contribution in [0.1, 0.15) is 0 Å². The van der Waals surface area contributed by atoms with Gasteiger partial charge in [0.25, 0.3) is 6.71 Å². The average Bonchev–Trinajstić information content (AvgIpc) is 1.05. The van der Waals surface area contributed by atoms with Crippen molar-refractivity contribution < 1.29 is 0 Å². The van der Waals surface area contributed by atoms with Crippen LogP contribution in [0.5, 0.6) is 0 Å². The molecule has 2 aromatic heterocycles. The molecule has 0 saturated carbocycles. The minimum atomic E-state index is -0.242. The molecule has 498 valence electrons. The fourth-order valence-electron chi connectivity index (χ4n) is 17.7. The third-order valence-electron chi connectivity index (χ3n) is 22.3. The Kier molecular flexibility index (Phi) is 14.7. The Labute approximate surface area is 622 Å². The maximum absolute atomic E-state index is 2.66. The van der Waals surface area contributed by atoms with Gasteiger partial charge < -0.3 is 18.9 Å². The summed E-state index contributed by atoms with van der Waals surface area (Å²) in [6.45, 7) is -0.242. The number of aromatic nitrogens is 2. The lowest BCUT2D eigenvalue weighted by molar-refractivity contribution is 1.17. The maximum atomic E-state index is 2.66. The molecule has 0 unspecified atom stereocenters. The molecule has 0 amide bonds. The summed E-state index contributed by atoms with van der Waals surface area (Å²) in [4.78, 5) is 5.33. The van der Waals surface area contributed by atoms with E-state index in [4.69, 9.17) is 0 Å². The number of benzene rings is 17. The summed E-state index contributed by atoms with van der Waals surface area (Å²) in [6, 6.07) is 151. The van der Waals surface area contributed by atoms with Gasteiger partial charge in [0.15, 0.2) is 0 Å². The van der Waals surface area contributed by atoms with Crippen molar-refractivity contribution in [3.05, 3.63) is 406 Å². The van der Waals surface area contributed by atoms with E-state index in [1.54, 1.807) is 0 Å². The van der Waals surface area contributed by atoms with Crippen molar-refractivity contribution >= 4 is 101 Å². The van der Waals surface area contributed by atoms with Gasteiger partial charge in [0.2, 0.25) is 0 Å². The van der Waals surface area contributed by atoms with Gasteiger partial charge in [-0.1, -0.05) is 334 Å². The van der Waals surface area contributed by atoms with Gasteiger partial charge in [0.05, 0.1) is 33.4 Å². The Morgan fingerprint density at radius 2 is 0.430 bits per heavy atom. The van der Waals surface area contributed by atoms with Crippen LogP contribution < -0.4 is 26.2 Å². The van der Waals surface area contributed by atoms with E-state index in [0.29, 0.717) is 0 Å². The second-order valence-corrected chi connectivity index (χ2v) is 28.2. The molecule has 4 heterocycles. The second kappa shape index (κ2) is 25.5. The Morgan fingerprint density at radius 1 is 0.178 bits per heavy atom. The Bertz CT molecular complexity index is 6210. The quantitative estimate of drug-likeness (QED) is 0.113. The van der Waals surface area contributed by atoms with Crippen LogP contribution in [0.15, 0.2) is 406 Å². The second-order valence-electron chi connectivity index (χ2n) is 28.2. The van der Waals surface area contributed by atoms with E-state index >= 15 is 0 Å². The van der Waals surface area contributed by atoms with Crippen LogP contribution in [-0.4, -0.2) is 15.8 Å². The average molecular weight is 1360 g/mol. The SMILES string of the molecule is c1ccc(-c2ccccc2-c2cccc(-c3cccc(-c4ccccc4)c3N3c4cc(-n5c6ccccc6c6ccccc65)ccc4B4c5ccc(-n6c7ccccc7c7ccccc76)cc5N(c5c(-c6ccccc6)cccc5-c5cccc(-c6ccccc6-c6ccccc6)c5)c5cccc3c54)c2)cc1. The molecule has 0 saturated heterocycles. The fourth-order valence-corrected chi connectivity index (χ4v) is 17.7. The molecule has 0 N–H and O–H groups in total. The minimum Gasteiger partial charge on any atom is -0.310 e. The molecule has 0 atom stereocenters. The van der Waals surface area contributed by atoms with E-state index < -0.39 is 0 Å². The lowest BCUT2D eigenvalue weighted by Gasteiger charge is -2.45. The van der Waals surface area contributed by atoms with E-state index in [2.05, 4.69) is 425 Å². The summed E-state index contributed by atoms with van der Waals surface area (Å²) in [5.74, 6) is 0. The van der Waals surface area contributed by atoms with Crippen LogP contribution >= 0.6 is 0 Å². The maximum Gasteiger partial charge on any atom is 0.252 e. The normalized spacial score (nSPS) is 12.2. The van der Waals surface area contributed by atoms with Crippen LogP contribution in [0.2, 0.25) is 0 Å². The molecule has 21 rings (SSSR count).